The van der Waals surface area contributed by atoms with Gasteiger partial charge in [-0.05, 0) is 47.7 Å². The molecule has 7 heteroatoms. The second kappa shape index (κ2) is 8.26. The average molecular weight is 394 g/mol. The molecule has 0 aliphatic carbocycles. The van der Waals surface area contributed by atoms with Crippen LogP contribution in [0.25, 0.3) is 10.9 Å². The number of hydrogen-bond acceptors (Lipinski definition) is 5. The van der Waals surface area contributed by atoms with E-state index >= 15 is 0 Å². The number of methoxy groups -OCH3 is 1. The lowest BCUT2D eigenvalue weighted by Crippen LogP contribution is -2.28. The molecule has 0 radical (unpaired) electrons. The maximum Gasteiger partial charge on any atom is 0.251 e. The summed E-state index contributed by atoms with van der Waals surface area (Å²) in [5, 5.41) is 3.79. The third-order valence-electron chi connectivity index (χ3n) is 4.82. The van der Waals surface area contributed by atoms with Crippen molar-refractivity contribution >= 4 is 16.8 Å². The molecule has 2 aromatic carbocycles. The molecular weight excluding hydrogens is 372 g/mol. The van der Waals surface area contributed by atoms with Crippen LogP contribution >= 0.6 is 0 Å². The van der Waals surface area contributed by atoms with Crippen molar-refractivity contribution in [3.63, 3.8) is 0 Å². The van der Waals surface area contributed by atoms with Gasteiger partial charge < -0.3 is 24.5 Å². The average Bonchev–Trinajstić information content (AvgIpc) is 2.73. The fourth-order valence-electron chi connectivity index (χ4n) is 3.32. The monoisotopic (exact) mass is 394 g/mol. The Morgan fingerprint density at radius 3 is 2.76 bits per heavy atom. The van der Waals surface area contributed by atoms with E-state index < -0.39 is 0 Å². The van der Waals surface area contributed by atoms with Crippen LogP contribution in [0.4, 0.5) is 0 Å². The number of H-pyrrole nitrogens is 1. The quantitative estimate of drug-likeness (QED) is 0.669. The van der Waals surface area contributed by atoms with Crippen LogP contribution in [-0.4, -0.2) is 37.8 Å². The van der Waals surface area contributed by atoms with Crippen molar-refractivity contribution < 1.29 is 19.0 Å². The number of aromatic amines is 1. The maximum absolute atomic E-state index is 12.3. The van der Waals surface area contributed by atoms with Gasteiger partial charge in [0, 0.05) is 18.2 Å². The summed E-state index contributed by atoms with van der Waals surface area (Å²) in [5.74, 6) is 1.95. The number of fused-ring (bicyclic) bond motifs is 2. The third kappa shape index (κ3) is 4.34. The normalized spacial score (nSPS) is 12.6. The lowest BCUT2D eigenvalue weighted by atomic mass is 10.1. The predicted octanol–water partition coefficient (Wildman–Crippen LogP) is 2.21. The summed E-state index contributed by atoms with van der Waals surface area (Å²) in [6.45, 7) is 1.43. The molecule has 1 aromatic heterocycles. The number of amides is 1. The zero-order chi connectivity index (χ0) is 20.2. The first-order valence-electron chi connectivity index (χ1n) is 9.47. The van der Waals surface area contributed by atoms with E-state index in [9.17, 15) is 9.59 Å². The Kier molecular flexibility index (Phi) is 5.37. The molecule has 7 nitrogen and oxygen atoms in total. The molecule has 0 saturated carbocycles. The summed E-state index contributed by atoms with van der Waals surface area (Å²) < 4.78 is 16.2. The van der Waals surface area contributed by atoms with E-state index in [1.807, 2.05) is 36.4 Å². The molecule has 0 atom stereocenters. The summed E-state index contributed by atoms with van der Waals surface area (Å²) in [7, 11) is 1.58. The molecular formula is C22H22N2O5. The van der Waals surface area contributed by atoms with Crippen molar-refractivity contribution in [2.24, 2.45) is 0 Å². The lowest BCUT2D eigenvalue weighted by Gasteiger charge is -2.18. The predicted molar refractivity (Wildman–Crippen MR) is 109 cm³/mol. The van der Waals surface area contributed by atoms with E-state index in [2.05, 4.69) is 10.3 Å². The Labute approximate surface area is 167 Å². The van der Waals surface area contributed by atoms with Crippen LogP contribution in [0.5, 0.6) is 17.2 Å². The van der Waals surface area contributed by atoms with Crippen LogP contribution in [0.2, 0.25) is 0 Å². The van der Waals surface area contributed by atoms with Gasteiger partial charge in [-0.2, -0.15) is 0 Å². The van der Waals surface area contributed by atoms with Gasteiger partial charge in [0.25, 0.3) is 5.56 Å². The molecule has 0 fully saturated rings. The first-order valence-corrected chi connectivity index (χ1v) is 9.47. The van der Waals surface area contributed by atoms with Gasteiger partial charge in [0.05, 0.1) is 19.0 Å². The minimum Gasteiger partial charge on any atom is -0.497 e. The first-order chi connectivity index (χ1) is 14.1. The second-order valence-corrected chi connectivity index (χ2v) is 6.83. The van der Waals surface area contributed by atoms with Crippen molar-refractivity contribution in [2.45, 2.75) is 12.8 Å². The summed E-state index contributed by atoms with van der Waals surface area (Å²) in [6, 6.07) is 12.9. The molecule has 150 valence electrons. The number of rotatable bonds is 6. The van der Waals surface area contributed by atoms with Gasteiger partial charge in [0.1, 0.15) is 19.0 Å². The fourth-order valence-corrected chi connectivity index (χ4v) is 3.32. The van der Waals surface area contributed by atoms with Crippen LogP contribution in [-0.2, 0) is 17.6 Å². The number of pyridine rings is 1. The Hall–Kier alpha value is -3.48. The van der Waals surface area contributed by atoms with Crippen molar-refractivity contribution in [3.05, 3.63) is 63.9 Å². The van der Waals surface area contributed by atoms with Crippen molar-refractivity contribution in [2.75, 3.05) is 26.9 Å². The van der Waals surface area contributed by atoms with Crippen LogP contribution in [0.1, 0.15) is 11.1 Å². The Bertz CT molecular complexity index is 1110. The van der Waals surface area contributed by atoms with E-state index in [-0.39, 0.29) is 17.9 Å². The largest absolute Gasteiger partial charge is 0.497 e. The van der Waals surface area contributed by atoms with E-state index in [1.54, 1.807) is 13.2 Å². The van der Waals surface area contributed by atoms with Gasteiger partial charge in [0.2, 0.25) is 5.91 Å². The standard InChI is InChI=1S/C22H22N2O5/c1-27-17-4-3-15-12-16(22(26)24-18(15)13-17)6-7-23-21(25)11-14-2-5-19-20(10-14)29-9-8-28-19/h2-5,10,12-13H,6-9,11H2,1H3,(H,23,25)(H,24,26). The molecule has 0 saturated heterocycles. The highest BCUT2D eigenvalue weighted by Gasteiger charge is 2.13. The van der Waals surface area contributed by atoms with E-state index in [0.29, 0.717) is 49.0 Å². The minimum atomic E-state index is -0.160. The van der Waals surface area contributed by atoms with Crippen LogP contribution in [0.15, 0.2) is 47.3 Å². The summed E-state index contributed by atoms with van der Waals surface area (Å²) in [5.41, 5.74) is 2.04. The van der Waals surface area contributed by atoms with Gasteiger partial charge in [0.15, 0.2) is 11.5 Å². The van der Waals surface area contributed by atoms with Crippen LogP contribution in [0.3, 0.4) is 0 Å². The highest BCUT2D eigenvalue weighted by atomic mass is 16.6. The van der Waals surface area contributed by atoms with Gasteiger partial charge in [-0.25, -0.2) is 0 Å². The molecule has 0 bridgehead atoms. The maximum atomic E-state index is 12.3. The smallest absolute Gasteiger partial charge is 0.251 e. The highest BCUT2D eigenvalue weighted by molar-refractivity contribution is 5.80. The Morgan fingerprint density at radius 1 is 1.10 bits per heavy atom. The molecule has 1 amide bonds. The lowest BCUT2D eigenvalue weighted by molar-refractivity contribution is -0.120. The van der Waals surface area contributed by atoms with E-state index in [4.69, 9.17) is 14.2 Å². The Morgan fingerprint density at radius 2 is 1.93 bits per heavy atom. The summed E-state index contributed by atoms with van der Waals surface area (Å²) in [6.07, 6.45) is 0.689. The van der Waals surface area contributed by atoms with E-state index in [1.165, 1.54) is 0 Å². The van der Waals surface area contributed by atoms with Crippen molar-refractivity contribution in [3.8, 4) is 17.2 Å². The number of benzene rings is 2. The summed E-state index contributed by atoms with van der Waals surface area (Å²) in [4.78, 5) is 27.4. The van der Waals surface area contributed by atoms with Gasteiger partial charge in [-0.15, -0.1) is 0 Å². The number of aromatic nitrogens is 1. The molecule has 1 aliphatic heterocycles. The minimum absolute atomic E-state index is 0.108. The molecule has 0 unspecified atom stereocenters. The van der Waals surface area contributed by atoms with Gasteiger partial charge >= 0.3 is 0 Å². The SMILES string of the molecule is COc1ccc2cc(CCNC(=O)Cc3ccc4c(c3)OCCO4)c(=O)[nH]c2c1. The molecule has 3 aromatic rings. The Balaban J connectivity index is 1.35. The van der Waals surface area contributed by atoms with Crippen molar-refractivity contribution in [1.82, 2.24) is 10.3 Å². The molecule has 2 N–H and O–H groups in total. The number of carbonyl (C=O) groups excluding carboxylic acids is 1. The van der Waals surface area contributed by atoms with Crippen molar-refractivity contribution in [1.29, 1.82) is 0 Å². The fraction of sp³-hybridized carbons (Fsp3) is 0.273. The zero-order valence-corrected chi connectivity index (χ0v) is 16.1. The molecule has 29 heavy (non-hydrogen) atoms. The zero-order valence-electron chi connectivity index (χ0n) is 16.1. The van der Waals surface area contributed by atoms with E-state index in [0.717, 1.165) is 16.5 Å². The number of ether oxygens (including phenoxy) is 3. The molecule has 1 aliphatic rings. The second-order valence-electron chi connectivity index (χ2n) is 6.83. The molecule has 0 spiro atoms. The number of nitrogens with one attached hydrogen (secondary N) is 2. The highest BCUT2D eigenvalue weighted by Crippen LogP contribution is 2.30. The number of hydrogen-bond donors (Lipinski definition) is 2. The van der Waals surface area contributed by atoms with Gasteiger partial charge in [-0.1, -0.05) is 6.07 Å². The molecule has 4 rings (SSSR count). The topological polar surface area (TPSA) is 89.7 Å². The van der Waals surface area contributed by atoms with Crippen LogP contribution < -0.4 is 25.1 Å². The van der Waals surface area contributed by atoms with Gasteiger partial charge in [-0.3, -0.25) is 9.59 Å². The summed E-state index contributed by atoms with van der Waals surface area (Å²) >= 11 is 0. The third-order valence-corrected chi connectivity index (χ3v) is 4.82. The number of carbonyl (C=O) groups is 1. The van der Waals surface area contributed by atoms with Crippen LogP contribution in [0, 0.1) is 0 Å². The first kappa shape index (κ1) is 18.9. The molecule has 2 heterocycles.